The molecular weight excluding hydrogens is 406 g/mol. The van der Waals surface area contributed by atoms with Gasteiger partial charge in [-0.1, -0.05) is 6.07 Å². The molecule has 1 aliphatic heterocycles. The van der Waals surface area contributed by atoms with Crippen LogP contribution < -0.4 is 10.3 Å². The van der Waals surface area contributed by atoms with E-state index in [1.807, 2.05) is 4.72 Å². The van der Waals surface area contributed by atoms with Crippen LogP contribution in [0, 0.1) is 23.0 Å². The van der Waals surface area contributed by atoms with E-state index in [1.165, 1.54) is 11.0 Å². The maximum absolute atomic E-state index is 13.7. The lowest BCUT2D eigenvalue weighted by atomic mass is 10.0. The molecule has 0 spiro atoms. The largest absolute Gasteiger partial charge is 0.338 e. The Bertz CT molecular complexity index is 1150. The molecule has 1 amide bonds. The molecule has 0 saturated heterocycles. The average Bonchev–Trinajstić information content (AvgIpc) is 2.66. The first kappa shape index (κ1) is 20.6. The number of fused-ring (bicyclic) bond motifs is 1. The molecule has 29 heavy (non-hydrogen) atoms. The van der Waals surface area contributed by atoms with E-state index in [0.717, 1.165) is 18.2 Å². The number of nitrogens with zero attached hydrogens (tertiary/aromatic N) is 2. The van der Waals surface area contributed by atoms with Crippen molar-refractivity contribution in [3.63, 3.8) is 0 Å². The van der Waals surface area contributed by atoms with Gasteiger partial charge in [0.1, 0.15) is 23.3 Å². The Kier molecular flexibility index (Phi) is 5.76. The van der Waals surface area contributed by atoms with Gasteiger partial charge in [-0.25, -0.2) is 21.9 Å². The number of rotatable bonds is 5. The van der Waals surface area contributed by atoms with E-state index in [4.69, 9.17) is 5.26 Å². The number of pyridine rings is 1. The van der Waals surface area contributed by atoms with Crippen LogP contribution in [0.25, 0.3) is 0 Å². The number of benzene rings is 1. The van der Waals surface area contributed by atoms with Crippen LogP contribution in [0.1, 0.15) is 23.2 Å². The molecule has 2 aromatic rings. The fraction of sp³-hybridized carbons (Fsp3) is 0.278. The van der Waals surface area contributed by atoms with Gasteiger partial charge in [-0.05, 0) is 23.8 Å². The average molecular weight is 422 g/mol. The van der Waals surface area contributed by atoms with Crippen molar-refractivity contribution in [1.82, 2.24) is 14.6 Å². The Morgan fingerprint density at radius 3 is 2.66 bits per heavy atom. The van der Waals surface area contributed by atoms with Gasteiger partial charge >= 0.3 is 0 Å². The summed E-state index contributed by atoms with van der Waals surface area (Å²) in [6, 6.07) is 5.91. The first-order chi connectivity index (χ1) is 13.7. The minimum atomic E-state index is -4.46. The van der Waals surface area contributed by atoms with Crippen molar-refractivity contribution >= 4 is 15.9 Å². The summed E-state index contributed by atoms with van der Waals surface area (Å²) in [5.41, 5.74) is 0.738. The first-order valence-corrected chi connectivity index (χ1v) is 10.1. The molecule has 1 aromatic carbocycles. The maximum atomic E-state index is 13.7. The van der Waals surface area contributed by atoms with Crippen molar-refractivity contribution in [2.75, 3.05) is 13.1 Å². The van der Waals surface area contributed by atoms with Crippen molar-refractivity contribution in [2.24, 2.45) is 0 Å². The number of nitrogens with one attached hydrogen (secondary N) is 2. The maximum Gasteiger partial charge on any atom is 0.266 e. The predicted molar refractivity (Wildman–Crippen MR) is 97.1 cm³/mol. The fourth-order valence-corrected chi connectivity index (χ4v) is 4.23. The summed E-state index contributed by atoms with van der Waals surface area (Å²) in [7, 11) is -4.46. The van der Waals surface area contributed by atoms with Crippen LogP contribution >= 0.6 is 0 Å². The summed E-state index contributed by atoms with van der Waals surface area (Å²) in [5.74, 6) is -2.82. The van der Waals surface area contributed by atoms with Gasteiger partial charge in [0.2, 0.25) is 15.9 Å². The third-order valence-corrected chi connectivity index (χ3v) is 6.01. The fourth-order valence-electron chi connectivity index (χ4n) is 3.06. The van der Waals surface area contributed by atoms with E-state index < -0.39 is 32.1 Å². The van der Waals surface area contributed by atoms with Crippen molar-refractivity contribution in [3.8, 4) is 6.07 Å². The molecule has 0 unspecified atom stereocenters. The number of carbonyl (C=O) groups excluding carboxylic acids is 1. The quantitative estimate of drug-likeness (QED) is 0.737. The minimum absolute atomic E-state index is 0.0577. The summed E-state index contributed by atoms with van der Waals surface area (Å²) in [6.07, 6.45) is 0.160. The molecule has 8 nitrogen and oxygen atoms in total. The molecular formula is C18H16F2N4O4S. The molecule has 11 heteroatoms. The van der Waals surface area contributed by atoms with Gasteiger partial charge in [-0.3, -0.25) is 9.59 Å². The molecule has 0 aliphatic carbocycles. The number of aromatic nitrogens is 1. The van der Waals surface area contributed by atoms with Crippen LogP contribution in [0.5, 0.6) is 0 Å². The number of carbonyl (C=O) groups is 1. The number of hydrogen-bond acceptors (Lipinski definition) is 5. The van der Waals surface area contributed by atoms with Gasteiger partial charge < -0.3 is 9.88 Å². The molecule has 0 radical (unpaired) electrons. The lowest BCUT2D eigenvalue weighted by Gasteiger charge is -2.28. The Hall–Kier alpha value is -3.10. The van der Waals surface area contributed by atoms with Crippen molar-refractivity contribution < 1.29 is 22.0 Å². The van der Waals surface area contributed by atoms with Crippen LogP contribution in [-0.2, 0) is 27.8 Å². The molecule has 0 fully saturated rings. The smallest absolute Gasteiger partial charge is 0.266 e. The van der Waals surface area contributed by atoms with Crippen LogP contribution in [0.4, 0.5) is 8.78 Å². The third kappa shape index (κ3) is 4.33. The number of amides is 1. The van der Waals surface area contributed by atoms with E-state index in [-0.39, 0.29) is 31.0 Å². The molecule has 0 bridgehead atoms. The van der Waals surface area contributed by atoms with Gasteiger partial charge in [-0.15, -0.1) is 0 Å². The zero-order valence-electron chi connectivity index (χ0n) is 15.0. The molecule has 2 heterocycles. The van der Waals surface area contributed by atoms with E-state index in [9.17, 15) is 26.8 Å². The standard InChI is InChI=1S/C18H16F2N4O4S/c19-13-2-1-3-14(20)17(13)29(27,28)22-6-4-16(25)24-7-5-15-12(10-24)8-11(9-21)18(26)23-15/h1-3,8,22H,4-7,10H2,(H,23,26). The highest BCUT2D eigenvalue weighted by Gasteiger charge is 2.25. The van der Waals surface area contributed by atoms with Gasteiger partial charge in [0.25, 0.3) is 5.56 Å². The topological polar surface area (TPSA) is 123 Å². The summed E-state index contributed by atoms with van der Waals surface area (Å²) in [6.45, 7) is 0.129. The lowest BCUT2D eigenvalue weighted by Crippen LogP contribution is -2.39. The zero-order valence-corrected chi connectivity index (χ0v) is 15.9. The van der Waals surface area contributed by atoms with E-state index in [1.54, 1.807) is 6.07 Å². The van der Waals surface area contributed by atoms with E-state index in [0.29, 0.717) is 24.2 Å². The number of H-pyrrole nitrogens is 1. The van der Waals surface area contributed by atoms with Gasteiger partial charge in [-0.2, -0.15) is 5.26 Å². The third-order valence-electron chi connectivity index (χ3n) is 4.50. The second-order valence-electron chi connectivity index (χ2n) is 6.39. The monoisotopic (exact) mass is 422 g/mol. The van der Waals surface area contributed by atoms with Crippen LogP contribution in [-0.4, -0.2) is 37.3 Å². The van der Waals surface area contributed by atoms with Gasteiger partial charge in [0, 0.05) is 38.2 Å². The van der Waals surface area contributed by atoms with Crippen molar-refractivity contribution in [2.45, 2.75) is 24.3 Å². The van der Waals surface area contributed by atoms with Crippen molar-refractivity contribution in [1.29, 1.82) is 5.26 Å². The number of halogens is 2. The summed E-state index contributed by atoms with van der Waals surface area (Å²) < 4.78 is 53.6. The highest BCUT2D eigenvalue weighted by molar-refractivity contribution is 7.89. The normalized spacial score (nSPS) is 13.6. The second-order valence-corrected chi connectivity index (χ2v) is 8.10. The summed E-state index contributed by atoms with van der Waals surface area (Å²) in [5, 5.41) is 8.95. The van der Waals surface area contributed by atoms with Crippen LogP contribution in [0.3, 0.4) is 0 Å². The van der Waals surface area contributed by atoms with E-state index in [2.05, 4.69) is 4.98 Å². The molecule has 152 valence electrons. The van der Waals surface area contributed by atoms with Gasteiger partial charge in [0.15, 0.2) is 4.90 Å². The zero-order chi connectivity index (χ0) is 21.2. The SMILES string of the molecule is N#Cc1cc2c([nH]c1=O)CCN(C(=O)CCNS(=O)(=O)c1c(F)cccc1F)C2. The number of sulfonamides is 1. The first-order valence-electron chi connectivity index (χ1n) is 8.59. The second kappa shape index (κ2) is 8.10. The molecule has 1 aromatic heterocycles. The summed E-state index contributed by atoms with van der Waals surface area (Å²) >= 11 is 0. The minimum Gasteiger partial charge on any atom is -0.338 e. The lowest BCUT2D eigenvalue weighted by molar-refractivity contribution is -0.131. The molecule has 1 aliphatic rings. The number of nitriles is 1. The van der Waals surface area contributed by atoms with E-state index >= 15 is 0 Å². The summed E-state index contributed by atoms with van der Waals surface area (Å²) in [4.78, 5) is 27.0. The molecule has 0 saturated carbocycles. The highest BCUT2D eigenvalue weighted by atomic mass is 32.2. The van der Waals surface area contributed by atoms with Crippen LogP contribution in [0.15, 0.2) is 34.0 Å². The Labute approximate surface area is 164 Å². The number of hydrogen-bond donors (Lipinski definition) is 2. The Balaban J connectivity index is 1.63. The van der Waals surface area contributed by atoms with Crippen LogP contribution in [0.2, 0.25) is 0 Å². The Morgan fingerprint density at radius 1 is 1.31 bits per heavy atom. The van der Waals surface area contributed by atoms with Crippen molar-refractivity contribution in [3.05, 3.63) is 63.1 Å². The Morgan fingerprint density at radius 2 is 2.00 bits per heavy atom. The van der Waals surface area contributed by atoms with Gasteiger partial charge in [0.05, 0.1) is 0 Å². The predicted octanol–water partition coefficient (Wildman–Crippen LogP) is 0.778. The molecule has 0 atom stereocenters. The highest BCUT2D eigenvalue weighted by Crippen LogP contribution is 2.19. The number of aromatic amines is 1. The molecule has 3 rings (SSSR count). The molecule has 2 N–H and O–H groups in total.